The first-order valence-electron chi connectivity index (χ1n) is 8.41. The van der Waals surface area contributed by atoms with Crippen molar-refractivity contribution in [3.8, 4) is 5.75 Å². The van der Waals surface area contributed by atoms with Gasteiger partial charge in [-0.3, -0.25) is 9.69 Å². The number of nitrogens with one attached hydrogen (secondary N) is 1. The predicted molar refractivity (Wildman–Crippen MR) is 103 cm³/mol. The molecule has 0 saturated heterocycles. The average molecular weight is 361 g/mol. The van der Waals surface area contributed by atoms with Crippen molar-refractivity contribution in [3.63, 3.8) is 0 Å². The second-order valence-electron chi connectivity index (χ2n) is 6.19. The minimum atomic E-state index is -0.0562. The van der Waals surface area contributed by atoms with Crippen molar-refractivity contribution < 1.29 is 9.53 Å². The Bertz CT molecular complexity index is 689. The van der Waals surface area contributed by atoms with Crippen LogP contribution in [-0.4, -0.2) is 30.5 Å². The quantitative estimate of drug-likeness (QED) is 0.748. The Kier molecular flexibility index (Phi) is 7.29. The number of hydrogen-bond acceptors (Lipinski definition) is 3. The fourth-order valence-electron chi connectivity index (χ4n) is 2.57. The van der Waals surface area contributed by atoms with Crippen LogP contribution in [0.4, 0.5) is 5.69 Å². The molecule has 2 aromatic rings. The molecular weight excluding hydrogens is 336 g/mol. The number of anilines is 1. The second kappa shape index (κ2) is 9.44. The fourth-order valence-corrected chi connectivity index (χ4v) is 2.75. The van der Waals surface area contributed by atoms with Crippen LogP contribution in [0.15, 0.2) is 48.5 Å². The molecule has 0 aliphatic carbocycles. The molecule has 2 rings (SSSR count). The van der Waals surface area contributed by atoms with Crippen LogP contribution in [-0.2, 0) is 11.3 Å². The highest BCUT2D eigenvalue weighted by Gasteiger charge is 2.14. The van der Waals surface area contributed by atoms with Gasteiger partial charge in [-0.05, 0) is 37.6 Å². The van der Waals surface area contributed by atoms with Crippen molar-refractivity contribution in [3.05, 3.63) is 59.1 Å². The molecule has 2 aromatic carbocycles. The molecule has 0 saturated carbocycles. The van der Waals surface area contributed by atoms with Gasteiger partial charge in [-0.15, -0.1) is 0 Å². The molecular formula is C20H25ClN2O2. The van der Waals surface area contributed by atoms with E-state index in [9.17, 15) is 4.79 Å². The SMILES string of the molecule is COc1ccc(Cl)cc1NC(=O)CCN(Cc1ccccc1)C(C)C. The summed E-state index contributed by atoms with van der Waals surface area (Å²) in [4.78, 5) is 14.6. The summed E-state index contributed by atoms with van der Waals surface area (Å²) in [6, 6.07) is 15.8. The number of hydrogen-bond donors (Lipinski definition) is 1. The van der Waals surface area contributed by atoms with E-state index in [1.165, 1.54) is 5.56 Å². The van der Waals surface area contributed by atoms with Crippen molar-refractivity contribution >= 4 is 23.2 Å². The number of benzene rings is 2. The molecule has 0 radical (unpaired) electrons. The summed E-state index contributed by atoms with van der Waals surface area (Å²) in [6.07, 6.45) is 0.403. The van der Waals surface area contributed by atoms with Crippen molar-refractivity contribution in [1.29, 1.82) is 0 Å². The monoisotopic (exact) mass is 360 g/mol. The molecule has 4 nitrogen and oxygen atoms in total. The summed E-state index contributed by atoms with van der Waals surface area (Å²) in [5.74, 6) is 0.544. The number of rotatable bonds is 8. The molecule has 0 spiro atoms. The van der Waals surface area contributed by atoms with E-state index in [1.54, 1.807) is 25.3 Å². The maximum atomic E-state index is 12.3. The van der Waals surface area contributed by atoms with Gasteiger partial charge < -0.3 is 10.1 Å². The van der Waals surface area contributed by atoms with Crippen molar-refractivity contribution in [2.45, 2.75) is 32.9 Å². The molecule has 0 aliphatic heterocycles. The lowest BCUT2D eigenvalue weighted by Gasteiger charge is -2.26. The molecule has 1 N–H and O–H groups in total. The first-order valence-corrected chi connectivity index (χ1v) is 8.78. The Balaban J connectivity index is 1.94. The summed E-state index contributed by atoms with van der Waals surface area (Å²) in [6.45, 7) is 5.79. The van der Waals surface area contributed by atoms with E-state index < -0.39 is 0 Å². The van der Waals surface area contributed by atoms with Crippen LogP contribution in [0.2, 0.25) is 5.02 Å². The van der Waals surface area contributed by atoms with Crippen LogP contribution in [0.5, 0.6) is 5.75 Å². The predicted octanol–water partition coefficient (Wildman–Crippen LogP) is 4.59. The van der Waals surface area contributed by atoms with Gasteiger partial charge >= 0.3 is 0 Å². The number of ether oxygens (including phenoxy) is 1. The molecule has 0 atom stereocenters. The molecule has 134 valence electrons. The van der Waals surface area contributed by atoms with Crippen LogP contribution >= 0.6 is 11.6 Å². The van der Waals surface area contributed by atoms with Gasteiger partial charge in [0.05, 0.1) is 12.8 Å². The van der Waals surface area contributed by atoms with Crippen molar-refractivity contribution in [2.24, 2.45) is 0 Å². The largest absolute Gasteiger partial charge is 0.495 e. The van der Waals surface area contributed by atoms with Crippen LogP contribution in [0.1, 0.15) is 25.8 Å². The summed E-state index contributed by atoms with van der Waals surface area (Å²) < 4.78 is 5.26. The topological polar surface area (TPSA) is 41.6 Å². The van der Waals surface area contributed by atoms with Crippen LogP contribution in [0, 0.1) is 0 Å². The smallest absolute Gasteiger partial charge is 0.225 e. The summed E-state index contributed by atoms with van der Waals surface area (Å²) in [7, 11) is 1.57. The zero-order valence-corrected chi connectivity index (χ0v) is 15.7. The Morgan fingerprint density at radius 2 is 1.92 bits per heavy atom. The summed E-state index contributed by atoms with van der Waals surface area (Å²) in [5, 5.41) is 3.44. The van der Waals surface area contributed by atoms with E-state index >= 15 is 0 Å². The van der Waals surface area contributed by atoms with E-state index in [-0.39, 0.29) is 5.91 Å². The Morgan fingerprint density at radius 3 is 2.56 bits per heavy atom. The highest BCUT2D eigenvalue weighted by molar-refractivity contribution is 6.31. The van der Waals surface area contributed by atoms with Gasteiger partial charge in [0, 0.05) is 30.6 Å². The van der Waals surface area contributed by atoms with Crippen LogP contribution in [0.25, 0.3) is 0 Å². The molecule has 1 amide bonds. The highest BCUT2D eigenvalue weighted by Crippen LogP contribution is 2.27. The van der Waals surface area contributed by atoms with Gasteiger partial charge in [-0.1, -0.05) is 41.9 Å². The van der Waals surface area contributed by atoms with Crippen LogP contribution in [0.3, 0.4) is 0 Å². The fraction of sp³-hybridized carbons (Fsp3) is 0.350. The number of amides is 1. The Hall–Kier alpha value is -2.04. The van der Waals surface area contributed by atoms with E-state index in [1.807, 2.05) is 18.2 Å². The van der Waals surface area contributed by atoms with Gasteiger partial charge in [-0.2, -0.15) is 0 Å². The average Bonchev–Trinajstić information content (AvgIpc) is 2.59. The Labute approximate surface area is 154 Å². The number of nitrogens with zero attached hydrogens (tertiary/aromatic N) is 1. The molecule has 0 heterocycles. The molecule has 0 bridgehead atoms. The van der Waals surface area contributed by atoms with E-state index in [2.05, 4.69) is 36.2 Å². The summed E-state index contributed by atoms with van der Waals surface area (Å²) >= 11 is 6.00. The van der Waals surface area contributed by atoms with E-state index in [4.69, 9.17) is 16.3 Å². The minimum absolute atomic E-state index is 0.0562. The van der Waals surface area contributed by atoms with Gasteiger partial charge in [0.25, 0.3) is 0 Å². The molecule has 25 heavy (non-hydrogen) atoms. The van der Waals surface area contributed by atoms with Gasteiger partial charge in [0.15, 0.2) is 0 Å². The van der Waals surface area contributed by atoms with Gasteiger partial charge in [-0.25, -0.2) is 0 Å². The lowest BCUT2D eigenvalue weighted by molar-refractivity contribution is -0.116. The Morgan fingerprint density at radius 1 is 1.20 bits per heavy atom. The normalized spacial score (nSPS) is 11.0. The van der Waals surface area contributed by atoms with Gasteiger partial charge in [0.2, 0.25) is 5.91 Å². The molecule has 0 aromatic heterocycles. The van der Waals surface area contributed by atoms with Crippen molar-refractivity contribution in [1.82, 2.24) is 4.90 Å². The molecule has 0 aliphatic rings. The first kappa shape index (κ1) is 19.3. The van der Waals surface area contributed by atoms with E-state index in [0.29, 0.717) is 35.5 Å². The second-order valence-corrected chi connectivity index (χ2v) is 6.63. The third-order valence-electron chi connectivity index (χ3n) is 4.02. The maximum absolute atomic E-state index is 12.3. The highest BCUT2D eigenvalue weighted by atomic mass is 35.5. The molecule has 5 heteroatoms. The lowest BCUT2D eigenvalue weighted by Crippen LogP contribution is -2.33. The third-order valence-corrected chi connectivity index (χ3v) is 4.26. The lowest BCUT2D eigenvalue weighted by atomic mass is 10.2. The number of carbonyl (C=O) groups is 1. The third kappa shape index (κ3) is 6.07. The number of carbonyl (C=O) groups excluding carboxylic acids is 1. The first-order chi connectivity index (χ1) is 12.0. The number of halogens is 1. The molecule has 0 fully saturated rings. The zero-order chi connectivity index (χ0) is 18.2. The zero-order valence-electron chi connectivity index (χ0n) is 15.0. The van der Waals surface area contributed by atoms with Gasteiger partial charge in [0.1, 0.15) is 5.75 Å². The number of methoxy groups -OCH3 is 1. The maximum Gasteiger partial charge on any atom is 0.225 e. The summed E-state index contributed by atoms with van der Waals surface area (Å²) in [5.41, 5.74) is 1.84. The molecule has 0 unspecified atom stereocenters. The van der Waals surface area contributed by atoms with Crippen LogP contribution < -0.4 is 10.1 Å². The standard InChI is InChI=1S/C20H25ClN2O2/c1-15(2)23(14-16-7-5-4-6-8-16)12-11-20(24)22-18-13-17(21)9-10-19(18)25-3/h4-10,13,15H,11-12,14H2,1-3H3,(H,22,24). The van der Waals surface area contributed by atoms with Crippen molar-refractivity contribution in [2.75, 3.05) is 19.0 Å². The van der Waals surface area contributed by atoms with E-state index in [0.717, 1.165) is 6.54 Å². The minimum Gasteiger partial charge on any atom is -0.495 e.